The van der Waals surface area contributed by atoms with Crippen LogP contribution in [-0.4, -0.2) is 51.6 Å². The molecule has 0 unspecified atom stereocenters. The molecule has 6 nitrogen and oxygen atoms in total. The molecule has 6 heteroatoms. The van der Waals surface area contributed by atoms with Gasteiger partial charge in [0.1, 0.15) is 0 Å². The summed E-state index contributed by atoms with van der Waals surface area (Å²) < 4.78 is 0. The van der Waals surface area contributed by atoms with E-state index >= 15 is 0 Å². The number of aliphatic hydroxyl groups is 1. The molecular formula is C17H20N4O2. The van der Waals surface area contributed by atoms with Crippen molar-refractivity contribution in [2.75, 3.05) is 19.6 Å². The maximum absolute atomic E-state index is 11.8. The van der Waals surface area contributed by atoms with E-state index in [4.69, 9.17) is 0 Å². The summed E-state index contributed by atoms with van der Waals surface area (Å²) in [4.78, 5) is 21.8. The summed E-state index contributed by atoms with van der Waals surface area (Å²) in [5.74, 6) is -0.250. The van der Waals surface area contributed by atoms with E-state index in [0.29, 0.717) is 6.54 Å². The van der Waals surface area contributed by atoms with Crippen molar-refractivity contribution < 1.29 is 9.90 Å². The zero-order chi connectivity index (χ0) is 16.1. The zero-order valence-corrected chi connectivity index (χ0v) is 12.9. The Balaban J connectivity index is 1.47. The van der Waals surface area contributed by atoms with Gasteiger partial charge >= 0.3 is 0 Å². The number of rotatable bonds is 5. The van der Waals surface area contributed by atoms with Crippen LogP contribution in [-0.2, 0) is 13.0 Å². The molecule has 0 spiro atoms. The van der Waals surface area contributed by atoms with Crippen LogP contribution in [0.4, 0.5) is 0 Å². The number of amides is 1. The van der Waals surface area contributed by atoms with Crippen LogP contribution < -0.4 is 5.32 Å². The van der Waals surface area contributed by atoms with Crippen molar-refractivity contribution in [1.29, 1.82) is 0 Å². The molecule has 2 aromatic rings. The van der Waals surface area contributed by atoms with Crippen molar-refractivity contribution in [2.45, 2.75) is 19.1 Å². The number of fused-ring (bicyclic) bond motifs is 1. The molecule has 0 saturated carbocycles. The number of hydrogen-bond acceptors (Lipinski definition) is 5. The molecule has 0 bridgehead atoms. The maximum Gasteiger partial charge on any atom is 0.289 e. The minimum absolute atomic E-state index is 0.117. The van der Waals surface area contributed by atoms with E-state index in [1.807, 2.05) is 6.07 Å². The number of nitrogens with one attached hydrogen (secondary N) is 1. The van der Waals surface area contributed by atoms with Crippen molar-refractivity contribution in [3.63, 3.8) is 0 Å². The normalized spacial score (nSPS) is 15.7. The van der Waals surface area contributed by atoms with Gasteiger partial charge in [-0.15, -0.1) is 0 Å². The van der Waals surface area contributed by atoms with Gasteiger partial charge in [-0.05, 0) is 23.6 Å². The van der Waals surface area contributed by atoms with Gasteiger partial charge in [-0.25, -0.2) is 9.97 Å². The summed E-state index contributed by atoms with van der Waals surface area (Å²) >= 11 is 0. The average Bonchev–Trinajstić information content (AvgIpc) is 2.60. The molecule has 0 radical (unpaired) electrons. The lowest BCUT2D eigenvalue weighted by Crippen LogP contribution is -2.42. The first-order chi connectivity index (χ1) is 11.2. The molecule has 120 valence electrons. The number of aliphatic hydroxyl groups excluding tert-OH is 1. The molecule has 1 amide bonds. The van der Waals surface area contributed by atoms with Gasteiger partial charge in [0.2, 0.25) is 5.82 Å². The highest BCUT2D eigenvalue weighted by Crippen LogP contribution is 2.18. The van der Waals surface area contributed by atoms with Crippen molar-refractivity contribution >= 4 is 5.91 Å². The number of nitrogens with zero attached hydrogens (tertiary/aromatic N) is 3. The Kier molecular flexibility index (Phi) is 4.95. The SMILES string of the molecule is O=C(NC[C@@H](O)CN1CCc2ccccc2C1)c1ncccn1. The van der Waals surface area contributed by atoms with E-state index in [0.717, 1.165) is 19.5 Å². The maximum atomic E-state index is 11.8. The van der Waals surface area contributed by atoms with E-state index in [1.165, 1.54) is 23.5 Å². The Bertz CT molecular complexity index is 663. The molecule has 1 aromatic heterocycles. The first-order valence-corrected chi connectivity index (χ1v) is 7.75. The number of β-amino-alcohol motifs (C(OH)–C–C–N with tert-alkyl or cyclic N) is 1. The fourth-order valence-corrected chi connectivity index (χ4v) is 2.78. The quantitative estimate of drug-likeness (QED) is 0.846. The molecule has 0 aliphatic carbocycles. The fourth-order valence-electron chi connectivity index (χ4n) is 2.78. The van der Waals surface area contributed by atoms with Crippen molar-refractivity contribution in [1.82, 2.24) is 20.2 Å². The van der Waals surface area contributed by atoms with E-state index < -0.39 is 6.10 Å². The summed E-state index contributed by atoms with van der Waals surface area (Å²) in [5.41, 5.74) is 2.69. The van der Waals surface area contributed by atoms with Crippen LogP contribution >= 0.6 is 0 Å². The number of benzene rings is 1. The second-order valence-electron chi connectivity index (χ2n) is 5.69. The summed E-state index contributed by atoms with van der Waals surface area (Å²) in [6.45, 7) is 2.48. The van der Waals surface area contributed by atoms with Crippen LogP contribution in [0.15, 0.2) is 42.7 Å². The van der Waals surface area contributed by atoms with Crippen LogP contribution in [0.2, 0.25) is 0 Å². The second-order valence-corrected chi connectivity index (χ2v) is 5.69. The molecule has 1 aliphatic heterocycles. The predicted molar refractivity (Wildman–Crippen MR) is 85.8 cm³/mol. The van der Waals surface area contributed by atoms with Gasteiger partial charge in [-0.3, -0.25) is 9.69 Å². The van der Waals surface area contributed by atoms with Crippen molar-refractivity contribution in [3.05, 3.63) is 59.7 Å². The standard InChI is InChI=1S/C17H20N4O2/c22-15(10-20-17(23)16-18-7-3-8-19-16)12-21-9-6-13-4-1-2-5-14(13)11-21/h1-5,7-8,15,22H,6,9-12H2,(H,20,23)/t15-/m1/s1. The van der Waals surface area contributed by atoms with E-state index in [9.17, 15) is 9.90 Å². The Hall–Kier alpha value is -2.31. The third-order valence-corrected chi connectivity index (χ3v) is 3.95. The molecule has 0 saturated heterocycles. The number of carbonyl (C=O) groups excluding carboxylic acids is 1. The van der Waals surface area contributed by atoms with Crippen LogP contribution in [0.25, 0.3) is 0 Å². The van der Waals surface area contributed by atoms with Gasteiger partial charge < -0.3 is 10.4 Å². The Morgan fingerprint density at radius 2 is 1.96 bits per heavy atom. The monoisotopic (exact) mass is 312 g/mol. The molecule has 0 fully saturated rings. The first kappa shape index (κ1) is 15.6. The molecule has 1 atom stereocenters. The number of aromatic nitrogens is 2. The molecule has 2 N–H and O–H groups in total. The van der Waals surface area contributed by atoms with E-state index in [2.05, 4.69) is 38.4 Å². The highest BCUT2D eigenvalue weighted by atomic mass is 16.3. The van der Waals surface area contributed by atoms with E-state index in [-0.39, 0.29) is 18.3 Å². The fraction of sp³-hybridized carbons (Fsp3) is 0.353. The van der Waals surface area contributed by atoms with Gasteiger partial charge in [0, 0.05) is 38.6 Å². The molecule has 3 rings (SSSR count). The lowest BCUT2D eigenvalue weighted by Gasteiger charge is -2.30. The van der Waals surface area contributed by atoms with Crippen molar-refractivity contribution in [2.24, 2.45) is 0 Å². The number of carbonyl (C=O) groups is 1. The van der Waals surface area contributed by atoms with Crippen LogP contribution in [0.3, 0.4) is 0 Å². The molecule has 1 aliphatic rings. The average molecular weight is 312 g/mol. The molecule has 2 heterocycles. The molecular weight excluding hydrogens is 292 g/mol. The Labute approximate surface area is 135 Å². The van der Waals surface area contributed by atoms with Crippen molar-refractivity contribution in [3.8, 4) is 0 Å². The first-order valence-electron chi connectivity index (χ1n) is 7.75. The topological polar surface area (TPSA) is 78.4 Å². The summed E-state index contributed by atoms with van der Waals surface area (Å²) in [7, 11) is 0. The van der Waals surface area contributed by atoms with Crippen LogP contribution in [0, 0.1) is 0 Å². The largest absolute Gasteiger partial charge is 0.390 e. The van der Waals surface area contributed by atoms with E-state index in [1.54, 1.807) is 6.07 Å². The highest BCUT2D eigenvalue weighted by molar-refractivity contribution is 5.90. The third kappa shape index (κ3) is 4.12. The van der Waals surface area contributed by atoms with Crippen LogP contribution in [0.1, 0.15) is 21.7 Å². The van der Waals surface area contributed by atoms with Gasteiger partial charge in [-0.2, -0.15) is 0 Å². The molecule has 1 aromatic carbocycles. The van der Waals surface area contributed by atoms with Gasteiger partial charge in [0.15, 0.2) is 0 Å². The predicted octanol–water partition coefficient (Wildman–Crippen LogP) is 0.626. The highest BCUT2D eigenvalue weighted by Gasteiger charge is 2.19. The minimum Gasteiger partial charge on any atom is -0.390 e. The lowest BCUT2D eigenvalue weighted by atomic mass is 10.00. The zero-order valence-electron chi connectivity index (χ0n) is 12.9. The van der Waals surface area contributed by atoms with Gasteiger partial charge in [0.05, 0.1) is 6.10 Å². The summed E-state index contributed by atoms with van der Waals surface area (Å²) in [5, 5.41) is 12.8. The molecule has 23 heavy (non-hydrogen) atoms. The Morgan fingerprint density at radius 1 is 1.22 bits per heavy atom. The Morgan fingerprint density at radius 3 is 2.74 bits per heavy atom. The third-order valence-electron chi connectivity index (χ3n) is 3.95. The minimum atomic E-state index is -0.618. The summed E-state index contributed by atoms with van der Waals surface area (Å²) in [6, 6.07) is 10.0. The van der Waals surface area contributed by atoms with Crippen LogP contribution in [0.5, 0.6) is 0 Å². The second kappa shape index (κ2) is 7.30. The number of hydrogen-bond donors (Lipinski definition) is 2. The smallest absolute Gasteiger partial charge is 0.289 e. The lowest BCUT2D eigenvalue weighted by molar-refractivity contribution is 0.0834. The summed E-state index contributed by atoms with van der Waals surface area (Å²) in [6.07, 6.45) is 3.41. The van der Waals surface area contributed by atoms with Gasteiger partial charge in [0.25, 0.3) is 5.91 Å². The van der Waals surface area contributed by atoms with Gasteiger partial charge in [-0.1, -0.05) is 24.3 Å².